The van der Waals surface area contributed by atoms with Crippen molar-refractivity contribution in [3.63, 3.8) is 0 Å². The van der Waals surface area contributed by atoms with Crippen LogP contribution in [0.25, 0.3) is 32.3 Å². The zero-order valence-electron chi connectivity index (χ0n) is 10.7. The van der Waals surface area contributed by atoms with Crippen LogP contribution in [0.3, 0.4) is 0 Å². The summed E-state index contributed by atoms with van der Waals surface area (Å²) in [5.74, 6) is 0.490. The second-order valence-electron chi connectivity index (χ2n) is 4.89. The molecule has 2 nitrogen and oxygen atoms in total. The van der Waals surface area contributed by atoms with Crippen LogP contribution >= 0.6 is 0 Å². The second kappa shape index (κ2) is 4.22. The van der Waals surface area contributed by atoms with Gasteiger partial charge in [0.1, 0.15) is 0 Å². The van der Waals surface area contributed by atoms with Crippen LogP contribution < -0.4 is 4.89 Å². The quantitative estimate of drug-likeness (QED) is 0.296. The van der Waals surface area contributed by atoms with Crippen molar-refractivity contribution < 1.29 is 10.1 Å². The standard InChI is InChI=1S/C18H12O2/c19-20-18-11-17-13-6-2-1-5-12(13)9-10-15(17)14-7-3-4-8-16(14)18/h1-11,19H. The summed E-state index contributed by atoms with van der Waals surface area (Å²) in [5.41, 5.74) is 0. The van der Waals surface area contributed by atoms with Gasteiger partial charge in [0.2, 0.25) is 0 Å². The van der Waals surface area contributed by atoms with Gasteiger partial charge in [-0.3, -0.25) is 0 Å². The summed E-state index contributed by atoms with van der Waals surface area (Å²) in [5, 5.41) is 15.8. The molecule has 96 valence electrons. The van der Waals surface area contributed by atoms with Crippen LogP contribution in [0, 0.1) is 0 Å². The summed E-state index contributed by atoms with van der Waals surface area (Å²) >= 11 is 0. The minimum Gasteiger partial charge on any atom is -0.340 e. The summed E-state index contributed by atoms with van der Waals surface area (Å²) in [6, 6.07) is 22.3. The first-order valence-corrected chi connectivity index (χ1v) is 6.53. The Balaban J connectivity index is 2.30. The van der Waals surface area contributed by atoms with Gasteiger partial charge in [-0.05, 0) is 33.0 Å². The molecule has 0 aliphatic heterocycles. The van der Waals surface area contributed by atoms with E-state index in [9.17, 15) is 0 Å². The van der Waals surface area contributed by atoms with Crippen molar-refractivity contribution in [2.45, 2.75) is 0 Å². The van der Waals surface area contributed by atoms with Crippen LogP contribution in [0.1, 0.15) is 0 Å². The molecule has 4 aromatic carbocycles. The van der Waals surface area contributed by atoms with Crippen LogP contribution in [0.5, 0.6) is 5.75 Å². The first-order chi connectivity index (χ1) is 9.88. The van der Waals surface area contributed by atoms with E-state index in [-0.39, 0.29) is 0 Å². The lowest BCUT2D eigenvalue weighted by Gasteiger charge is -2.10. The predicted molar refractivity (Wildman–Crippen MR) is 82.2 cm³/mol. The third-order valence-corrected chi connectivity index (χ3v) is 3.83. The number of rotatable bonds is 1. The molecule has 1 N–H and O–H groups in total. The van der Waals surface area contributed by atoms with Crippen molar-refractivity contribution >= 4 is 32.3 Å². The average molecular weight is 260 g/mol. The predicted octanol–water partition coefficient (Wildman–Crippen LogP) is 5.00. The third kappa shape index (κ3) is 1.49. The fourth-order valence-corrected chi connectivity index (χ4v) is 2.90. The molecule has 0 bridgehead atoms. The summed E-state index contributed by atoms with van der Waals surface area (Å²) in [4.78, 5) is 4.58. The Hall–Kier alpha value is -2.58. The molecule has 0 saturated heterocycles. The van der Waals surface area contributed by atoms with Gasteiger partial charge in [0.05, 0.1) is 0 Å². The fraction of sp³-hybridized carbons (Fsp3) is 0. The van der Waals surface area contributed by atoms with Crippen LogP contribution in [-0.2, 0) is 0 Å². The summed E-state index contributed by atoms with van der Waals surface area (Å²) < 4.78 is 0. The van der Waals surface area contributed by atoms with Crippen LogP contribution in [0.4, 0.5) is 0 Å². The van der Waals surface area contributed by atoms with Crippen LogP contribution in [0.2, 0.25) is 0 Å². The normalized spacial score (nSPS) is 11.2. The first kappa shape index (κ1) is 11.3. The van der Waals surface area contributed by atoms with Gasteiger partial charge in [-0.25, -0.2) is 5.26 Å². The van der Waals surface area contributed by atoms with Crippen molar-refractivity contribution in [3.05, 3.63) is 66.7 Å². The Morgan fingerprint density at radius 1 is 0.600 bits per heavy atom. The molecule has 0 fully saturated rings. The number of hydrogen-bond donors (Lipinski definition) is 1. The van der Waals surface area contributed by atoms with Gasteiger partial charge < -0.3 is 4.89 Å². The minimum absolute atomic E-state index is 0.490. The molecule has 0 radical (unpaired) electrons. The Morgan fingerprint density at radius 3 is 2.05 bits per heavy atom. The molecule has 0 saturated carbocycles. The highest BCUT2D eigenvalue weighted by molar-refractivity contribution is 6.18. The van der Waals surface area contributed by atoms with Gasteiger partial charge in [0.25, 0.3) is 0 Å². The van der Waals surface area contributed by atoms with E-state index in [4.69, 9.17) is 5.26 Å². The van der Waals surface area contributed by atoms with Gasteiger partial charge in [-0.2, -0.15) is 0 Å². The topological polar surface area (TPSA) is 29.5 Å². The van der Waals surface area contributed by atoms with Crippen molar-refractivity contribution in [3.8, 4) is 5.75 Å². The Bertz CT molecular complexity index is 942. The zero-order valence-corrected chi connectivity index (χ0v) is 10.7. The largest absolute Gasteiger partial charge is 0.340 e. The van der Waals surface area contributed by atoms with Crippen molar-refractivity contribution in [2.75, 3.05) is 0 Å². The van der Waals surface area contributed by atoms with Crippen LogP contribution in [0.15, 0.2) is 66.7 Å². The van der Waals surface area contributed by atoms with Gasteiger partial charge in [-0.15, -0.1) is 0 Å². The number of benzene rings is 4. The molecule has 0 atom stereocenters. The highest BCUT2D eigenvalue weighted by Gasteiger charge is 2.09. The molecule has 0 aliphatic carbocycles. The molecule has 0 aliphatic rings. The summed E-state index contributed by atoms with van der Waals surface area (Å²) in [7, 11) is 0. The molecule has 4 rings (SSSR count). The maximum Gasteiger partial charge on any atom is 0.173 e. The van der Waals surface area contributed by atoms with Gasteiger partial charge in [-0.1, -0.05) is 60.7 Å². The Morgan fingerprint density at radius 2 is 1.25 bits per heavy atom. The van der Waals surface area contributed by atoms with Gasteiger partial charge >= 0.3 is 0 Å². The van der Waals surface area contributed by atoms with Crippen LogP contribution in [-0.4, -0.2) is 5.26 Å². The molecule has 0 heterocycles. The smallest absolute Gasteiger partial charge is 0.173 e. The van der Waals surface area contributed by atoms with E-state index in [1.165, 1.54) is 10.8 Å². The molecule has 20 heavy (non-hydrogen) atoms. The summed E-state index contributed by atoms with van der Waals surface area (Å²) in [6.07, 6.45) is 0. The molecule has 0 aromatic heterocycles. The maximum absolute atomic E-state index is 9.17. The molecular weight excluding hydrogens is 248 g/mol. The molecule has 0 unspecified atom stereocenters. The van der Waals surface area contributed by atoms with Crippen molar-refractivity contribution in [2.24, 2.45) is 0 Å². The Kier molecular flexibility index (Phi) is 2.38. The molecule has 4 aromatic rings. The molecular formula is C18H12O2. The van der Waals surface area contributed by atoms with E-state index in [2.05, 4.69) is 35.2 Å². The monoisotopic (exact) mass is 260 g/mol. The highest BCUT2D eigenvalue weighted by atomic mass is 17.1. The van der Waals surface area contributed by atoms with E-state index < -0.39 is 0 Å². The SMILES string of the molecule is OOc1cc2c3ccccc3ccc2c2ccccc12. The minimum atomic E-state index is 0.490. The fourth-order valence-electron chi connectivity index (χ4n) is 2.90. The summed E-state index contributed by atoms with van der Waals surface area (Å²) in [6.45, 7) is 0. The second-order valence-corrected chi connectivity index (χ2v) is 4.89. The Labute approximate surface area is 115 Å². The first-order valence-electron chi connectivity index (χ1n) is 6.53. The van der Waals surface area contributed by atoms with E-state index >= 15 is 0 Å². The lowest BCUT2D eigenvalue weighted by molar-refractivity contribution is -0.136. The lowest BCUT2D eigenvalue weighted by Crippen LogP contribution is -1.88. The lowest BCUT2D eigenvalue weighted by atomic mass is 9.96. The average Bonchev–Trinajstić information content (AvgIpc) is 2.53. The van der Waals surface area contributed by atoms with Gasteiger partial charge in [0.15, 0.2) is 5.75 Å². The van der Waals surface area contributed by atoms with E-state index in [0.717, 1.165) is 21.5 Å². The van der Waals surface area contributed by atoms with E-state index in [0.29, 0.717) is 5.75 Å². The highest BCUT2D eigenvalue weighted by Crippen LogP contribution is 2.36. The van der Waals surface area contributed by atoms with Gasteiger partial charge in [0, 0.05) is 5.39 Å². The maximum atomic E-state index is 9.17. The number of hydrogen-bond acceptors (Lipinski definition) is 2. The van der Waals surface area contributed by atoms with Crippen molar-refractivity contribution in [1.29, 1.82) is 0 Å². The molecule has 2 heteroatoms. The van der Waals surface area contributed by atoms with E-state index in [1.807, 2.05) is 36.4 Å². The van der Waals surface area contributed by atoms with Crippen molar-refractivity contribution in [1.82, 2.24) is 0 Å². The molecule has 0 amide bonds. The number of fused-ring (bicyclic) bond motifs is 5. The molecule has 0 spiro atoms. The zero-order chi connectivity index (χ0) is 13.5. The third-order valence-electron chi connectivity index (χ3n) is 3.83. The van der Waals surface area contributed by atoms with E-state index in [1.54, 1.807) is 0 Å².